The molecule has 0 radical (unpaired) electrons. The smallest absolute Gasteiger partial charge is 0.185 e. The van der Waals surface area contributed by atoms with E-state index in [9.17, 15) is 4.79 Å². The van der Waals surface area contributed by atoms with Crippen molar-refractivity contribution in [1.82, 2.24) is 4.98 Å². The van der Waals surface area contributed by atoms with E-state index in [1.165, 1.54) is 11.3 Å². The molecule has 1 saturated carbocycles. The van der Waals surface area contributed by atoms with Gasteiger partial charge in [-0.25, -0.2) is 4.98 Å². The third-order valence-corrected chi connectivity index (χ3v) is 3.53. The van der Waals surface area contributed by atoms with E-state index in [1.807, 2.05) is 0 Å². The number of ketones is 1. The van der Waals surface area contributed by atoms with Gasteiger partial charge in [0.2, 0.25) is 0 Å². The Morgan fingerprint density at radius 1 is 1.56 bits per heavy atom. The second-order valence-corrected chi connectivity index (χ2v) is 4.94. The molecular formula is C10H16N4OS. The number of anilines is 2. The number of carbonyl (C=O) groups is 1. The minimum atomic E-state index is 0.155. The van der Waals surface area contributed by atoms with Crippen LogP contribution in [0.15, 0.2) is 0 Å². The molecule has 0 atom stereocenters. The molecular weight excluding hydrogens is 224 g/mol. The number of carbonyl (C=O) groups excluding carboxylic acids is 1. The van der Waals surface area contributed by atoms with Crippen molar-refractivity contribution in [2.24, 2.45) is 11.7 Å². The summed E-state index contributed by atoms with van der Waals surface area (Å²) in [5, 5.41) is 3.83. The standard InChI is InChI=1S/C10H16N4OS/c11-4-1-5-13-10-14-9(12)8(16-10)7(15)6-2-3-6/h6H,1-5,11-12H2,(H,13,14). The highest BCUT2D eigenvalue weighted by Crippen LogP contribution is 2.37. The van der Waals surface area contributed by atoms with E-state index in [-0.39, 0.29) is 11.7 Å². The van der Waals surface area contributed by atoms with Gasteiger partial charge in [0.25, 0.3) is 0 Å². The molecule has 6 heteroatoms. The Morgan fingerprint density at radius 3 is 2.94 bits per heavy atom. The topological polar surface area (TPSA) is 94.0 Å². The van der Waals surface area contributed by atoms with E-state index < -0.39 is 0 Å². The van der Waals surface area contributed by atoms with Crippen molar-refractivity contribution < 1.29 is 4.79 Å². The van der Waals surface area contributed by atoms with Gasteiger partial charge in [0.1, 0.15) is 10.7 Å². The monoisotopic (exact) mass is 240 g/mol. The van der Waals surface area contributed by atoms with E-state index >= 15 is 0 Å². The summed E-state index contributed by atoms with van der Waals surface area (Å²) < 4.78 is 0. The maximum absolute atomic E-state index is 11.8. The van der Waals surface area contributed by atoms with Gasteiger partial charge >= 0.3 is 0 Å². The van der Waals surface area contributed by atoms with Crippen LogP contribution in [0.4, 0.5) is 10.9 Å². The molecule has 0 aliphatic heterocycles. The molecule has 1 aromatic heterocycles. The fraction of sp³-hybridized carbons (Fsp3) is 0.600. The fourth-order valence-electron chi connectivity index (χ4n) is 1.41. The summed E-state index contributed by atoms with van der Waals surface area (Å²) in [5.41, 5.74) is 11.1. The molecule has 0 amide bonds. The number of nitrogen functional groups attached to an aromatic ring is 1. The number of hydrogen-bond acceptors (Lipinski definition) is 6. The molecule has 16 heavy (non-hydrogen) atoms. The minimum absolute atomic E-state index is 0.155. The number of nitrogens with two attached hydrogens (primary N) is 2. The summed E-state index contributed by atoms with van der Waals surface area (Å²) >= 11 is 1.35. The first-order chi connectivity index (χ1) is 7.72. The lowest BCUT2D eigenvalue weighted by atomic mass is 10.2. The van der Waals surface area contributed by atoms with Crippen LogP contribution in [0.2, 0.25) is 0 Å². The Hall–Kier alpha value is -1.14. The van der Waals surface area contributed by atoms with Crippen LogP contribution in [0.1, 0.15) is 28.9 Å². The zero-order valence-electron chi connectivity index (χ0n) is 9.03. The number of aromatic nitrogens is 1. The van der Waals surface area contributed by atoms with Gasteiger partial charge in [-0.05, 0) is 25.8 Å². The molecule has 1 fully saturated rings. The Bertz CT molecular complexity index is 386. The molecule has 88 valence electrons. The maximum atomic E-state index is 11.8. The number of rotatable bonds is 6. The zero-order valence-corrected chi connectivity index (χ0v) is 9.85. The summed E-state index contributed by atoms with van der Waals surface area (Å²) in [6.45, 7) is 1.40. The van der Waals surface area contributed by atoms with Crippen molar-refractivity contribution in [1.29, 1.82) is 0 Å². The van der Waals surface area contributed by atoms with Crippen LogP contribution >= 0.6 is 11.3 Å². The van der Waals surface area contributed by atoms with E-state index in [1.54, 1.807) is 0 Å². The van der Waals surface area contributed by atoms with Gasteiger partial charge in [0.05, 0.1) is 0 Å². The largest absolute Gasteiger partial charge is 0.382 e. The average molecular weight is 240 g/mol. The van der Waals surface area contributed by atoms with Crippen LogP contribution in [-0.2, 0) is 0 Å². The summed E-state index contributed by atoms with van der Waals surface area (Å²) in [5.74, 6) is 0.707. The SMILES string of the molecule is NCCCNc1nc(N)c(C(=O)C2CC2)s1. The lowest BCUT2D eigenvalue weighted by Gasteiger charge is -1.98. The molecule has 0 saturated heterocycles. The van der Waals surface area contributed by atoms with E-state index in [4.69, 9.17) is 11.5 Å². The molecule has 5 nitrogen and oxygen atoms in total. The summed E-state index contributed by atoms with van der Waals surface area (Å²) in [6.07, 6.45) is 2.86. The van der Waals surface area contributed by atoms with Gasteiger partial charge < -0.3 is 16.8 Å². The van der Waals surface area contributed by atoms with E-state index in [0.29, 0.717) is 17.2 Å². The van der Waals surface area contributed by atoms with Crippen molar-refractivity contribution in [2.45, 2.75) is 19.3 Å². The number of Topliss-reactive ketones (excluding diaryl/α,β-unsaturated/α-hetero) is 1. The number of thiazole rings is 1. The number of nitrogens with one attached hydrogen (secondary N) is 1. The van der Waals surface area contributed by atoms with Gasteiger partial charge in [0.15, 0.2) is 10.9 Å². The van der Waals surface area contributed by atoms with Crippen molar-refractivity contribution >= 4 is 28.1 Å². The van der Waals surface area contributed by atoms with Gasteiger partial charge in [-0.3, -0.25) is 4.79 Å². The third kappa shape index (κ3) is 2.51. The van der Waals surface area contributed by atoms with Gasteiger partial charge in [0, 0.05) is 12.5 Å². The minimum Gasteiger partial charge on any atom is -0.382 e. The number of hydrogen-bond donors (Lipinski definition) is 3. The predicted octanol–water partition coefficient (Wildman–Crippen LogP) is 1.08. The second kappa shape index (κ2) is 4.80. The van der Waals surface area contributed by atoms with Crippen LogP contribution in [0.25, 0.3) is 0 Å². The second-order valence-electron chi connectivity index (χ2n) is 3.94. The van der Waals surface area contributed by atoms with Gasteiger partial charge in [-0.15, -0.1) is 0 Å². The first kappa shape index (κ1) is 11.3. The lowest BCUT2D eigenvalue weighted by molar-refractivity contribution is 0.0972. The molecule has 1 aliphatic rings. The summed E-state index contributed by atoms with van der Waals surface area (Å²) in [7, 11) is 0. The Balaban J connectivity index is 2.00. The Morgan fingerprint density at radius 2 is 2.31 bits per heavy atom. The average Bonchev–Trinajstić information content (AvgIpc) is 3.03. The highest BCUT2D eigenvalue weighted by molar-refractivity contribution is 7.18. The van der Waals surface area contributed by atoms with Crippen LogP contribution in [-0.4, -0.2) is 23.9 Å². The maximum Gasteiger partial charge on any atom is 0.185 e. The van der Waals surface area contributed by atoms with Crippen LogP contribution < -0.4 is 16.8 Å². The first-order valence-corrected chi connectivity index (χ1v) is 6.28. The van der Waals surface area contributed by atoms with E-state index in [0.717, 1.165) is 30.9 Å². The molecule has 1 heterocycles. The summed E-state index contributed by atoms with van der Waals surface area (Å²) in [6, 6.07) is 0. The highest BCUT2D eigenvalue weighted by Gasteiger charge is 2.33. The molecule has 0 unspecified atom stereocenters. The van der Waals surface area contributed by atoms with Gasteiger partial charge in [-0.1, -0.05) is 11.3 Å². The zero-order chi connectivity index (χ0) is 11.5. The van der Waals surface area contributed by atoms with Crippen LogP contribution in [0.3, 0.4) is 0 Å². The molecule has 5 N–H and O–H groups in total. The molecule has 1 aliphatic carbocycles. The third-order valence-electron chi connectivity index (χ3n) is 2.48. The van der Waals surface area contributed by atoms with Gasteiger partial charge in [-0.2, -0.15) is 0 Å². The van der Waals surface area contributed by atoms with Crippen molar-refractivity contribution in [3.63, 3.8) is 0 Å². The van der Waals surface area contributed by atoms with E-state index in [2.05, 4.69) is 10.3 Å². The Labute approximate surface area is 98.2 Å². The Kier molecular flexibility index (Phi) is 3.40. The summed E-state index contributed by atoms with van der Waals surface area (Å²) in [4.78, 5) is 16.6. The van der Waals surface area contributed by atoms with Crippen molar-refractivity contribution in [3.05, 3.63) is 4.88 Å². The van der Waals surface area contributed by atoms with Crippen LogP contribution in [0, 0.1) is 5.92 Å². The van der Waals surface area contributed by atoms with Crippen LogP contribution in [0.5, 0.6) is 0 Å². The quantitative estimate of drug-likeness (QED) is 0.511. The highest BCUT2D eigenvalue weighted by atomic mass is 32.1. The molecule has 1 aromatic rings. The fourth-order valence-corrected chi connectivity index (χ4v) is 2.34. The molecule has 0 aromatic carbocycles. The molecule has 0 spiro atoms. The van der Waals surface area contributed by atoms with Crippen molar-refractivity contribution in [2.75, 3.05) is 24.1 Å². The normalized spacial score (nSPS) is 15.1. The molecule has 0 bridgehead atoms. The van der Waals surface area contributed by atoms with Crippen molar-refractivity contribution in [3.8, 4) is 0 Å². The lowest BCUT2D eigenvalue weighted by Crippen LogP contribution is -2.08. The first-order valence-electron chi connectivity index (χ1n) is 5.47. The molecule has 2 rings (SSSR count). The predicted molar refractivity (Wildman–Crippen MR) is 65.7 cm³/mol. The number of nitrogens with zero attached hydrogens (tertiary/aromatic N) is 1.